The molecule has 0 atom stereocenters. The van der Waals surface area contributed by atoms with Gasteiger partial charge in [0.2, 0.25) is 10.0 Å². The average molecular weight is 286 g/mol. The maximum Gasteiger partial charge on any atom is 0.240 e. The van der Waals surface area contributed by atoms with E-state index in [1.54, 1.807) is 24.3 Å². The first-order chi connectivity index (χ1) is 8.80. The van der Waals surface area contributed by atoms with Gasteiger partial charge in [0.05, 0.1) is 17.0 Å². The predicted molar refractivity (Wildman–Crippen MR) is 76.7 cm³/mol. The summed E-state index contributed by atoms with van der Waals surface area (Å²) in [6, 6.07) is 6.48. The molecule has 0 heterocycles. The zero-order valence-corrected chi connectivity index (χ0v) is 12.4. The van der Waals surface area contributed by atoms with Crippen LogP contribution in [0.3, 0.4) is 0 Å². The molecule has 0 saturated carbocycles. The van der Waals surface area contributed by atoms with Gasteiger partial charge in [-0.1, -0.05) is 6.92 Å². The summed E-state index contributed by atoms with van der Waals surface area (Å²) >= 11 is 0. The molecule has 0 amide bonds. The third-order valence-corrected chi connectivity index (χ3v) is 4.06. The monoisotopic (exact) mass is 286 g/mol. The van der Waals surface area contributed by atoms with Crippen molar-refractivity contribution in [3.05, 3.63) is 24.3 Å². The lowest BCUT2D eigenvalue weighted by Crippen LogP contribution is -2.34. The maximum absolute atomic E-state index is 11.9. The average Bonchev–Trinajstić information content (AvgIpc) is 2.37. The molecule has 0 aromatic heterocycles. The molecule has 108 valence electrons. The third-order valence-electron chi connectivity index (χ3n) is 2.58. The number of hydrogen-bond donors (Lipinski definition) is 3. The Morgan fingerprint density at radius 2 is 1.79 bits per heavy atom. The maximum atomic E-state index is 11.9. The van der Waals surface area contributed by atoms with Crippen molar-refractivity contribution in [3.8, 4) is 0 Å². The number of anilines is 1. The Bertz CT molecular complexity index is 495. The first-order valence-electron chi connectivity index (χ1n) is 6.29. The van der Waals surface area contributed by atoms with Crippen molar-refractivity contribution >= 4 is 15.7 Å². The molecule has 0 aliphatic heterocycles. The summed E-state index contributed by atoms with van der Waals surface area (Å²) in [5.74, 6) is 0. The van der Waals surface area contributed by atoms with E-state index in [0.29, 0.717) is 6.54 Å². The molecule has 1 aromatic carbocycles. The van der Waals surface area contributed by atoms with Gasteiger partial charge in [0.1, 0.15) is 0 Å². The van der Waals surface area contributed by atoms with Crippen molar-refractivity contribution in [2.24, 2.45) is 0 Å². The van der Waals surface area contributed by atoms with Gasteiger partial charge in [-0.2, -0.15) is 0 Å². The fourth-order valence-corrected chi connectivity index (χ4v) is 2.60. The van der Waals surface area contributed by atoms with Crippen LogP contribution in [0, 0.1) is 0 Å². The normalized spacial score (nSPS) is 12.4. The second kappa shape index (κ2) is 6.36. The molecular formula is C13H22N2O3S. The molecule has 1 aromatic rings. The molecule has 0 spiro atoms. The lowest BCUT2D eigenvalue weighted by atomic mass is 10.1. The number of nitrogens with one attached hydrogen (secondary N) is 2. The van der Waals surface area contributed by atoms with Crippen LogP contribution in [0.1, 0.15) is 27.2 Å². The van der Waals surface area contributed by atoms with E-state index in [0.717, 1.165) is 12.1 Å². The summed E-state index contributed by atoms with van der Waals surface area (Å²) in [6.45, 7) is 6.05. The zero-order chi connectivity index (χ0) is 14.5. The zero-order valence-electron chi connectivity index (χ0n) is 11.6. The minimum absolute atomic E-state index is 0.00882. The Morgan fingerprint density at radius 1 is 1.21 bits per heavy atom. The molecule has 3 N–H and O–H groups in total. The van der Waals surface area contributed by atoms with Gasteiger partial charge in [-0.15, -0.1) is 0 Å². The highest BCUT2D eigenvalue weighted by Gasteiger charge is 2.17. The molecule has 0 fully saturated rings. The van der Waals surface area contributed by atoms with E-state index in [-0.39, 0.29) is 11.5 Å². The van der Waals surface area contributed by atoms with Gasteiger partial charge < -0.3 is 10.4 Å². The van der Waals surface area contributed by atoms with Gasteiger partial charge in [-0.25, -0.2) is 13.1 Å². The van der Waals surface area contributed by atoms with Crippen LogP contribution in [0.2, 0.25) is 0 Å². The van der Waals surface area contributed by atoms with Gasteiger partial charge in [-0.3, -0.25) is 0 Å². The van der Waals surface area contributed by atoms with E-state index in [1.807, 2.05) is 20.8 Å². The Labute approximate surface area is 115 Å². The fraction of sp³-hybridized carbons (Fsp3) is 0.538. The van der Waals surface area contributed by atoms with Gasteiger partial charge in [-0.05, 0) is 44.5 Å². The van der Waals surface area contributed by atoms with E-state index >= 15 is 0 Å². The predicted octanol–water partition coefficient (Wildman–Crippen LogP) is 1.56. The van der Waals surface area contributed by atoms with Crippen LogP contribution >= 0.6 is 0 Å². The Hall–Kier alpha value is -1.11. The highest BCUT2D eigenvalue weighted by molar-refractivity contribution is 7.89. The third kappa shape index (κ3) is 4.81. The number of hydrogen-bond acceptors (Lipinski definition) is 4. The van der Waals surface area contributed by atoms with E-state index in [1.165, 1.54) is 0 Å². The minimum Gasteiger partial charge on any atom is -0.394 e. The van der Waals surface area contributed by atoms with Crippen LogP contribution < -0.4 is 10.0 Å². The quantitative estimate of drug-likeness (QED) is 0.711. The van der Waals surface area contributed by atoms with Gasteiger partial charge in [0.25, 0.3) is 0 Å². The van der Waals surface area contributed by atoms with Crippen molar-refractivity contribution in [1.82, 2.24) is 4.72 Å². The molecular weight excluding hydrogens is 264 g/mol. The first-order valence-corrected chi connectivity index (χ1v) is 7.78. The Morgan fingerprint density at radius 3 is 2.26 bits per heavy atom. The smallest absolute Gasteiger partial charge is 0.240 e. The highest BCUT2D eigenvalue weighted by atomic mass is 32.2. The van der Waals surface area contributed by atoms with Crippen molar-refractivity contribution in [2.75, 3.05) is 18.5 Å². The summed E-state index contributed by atoms with van der Waals surface area (Å²) in [5, 5.41) is 12.3. The molecule has 0 radical (unpaired) electrons. The minimum atomic E-state index is -3.42. The standard InChI is InChI=1S/C13H22N2O3S/c1-4-9-14-19(17,18)12-7-5-11(6-8-12)15-13(2,3)10-16/h5-8,14-16H,4,9-10H2,1-3H3. The lowest BCUT2D eigenvalue weighted by molar-refractivity contribution is 0.234. The first kappa shape index (κ1) is 15.9. The Kier molecular flexibility index (Phi) is 5.34. The van der Waals surface area contributed by atoms with E-state index in [2.05, 4.69) is 10.0 Å². The van der Waals surface area contributed by atoms with Gasteiger partial charge in [0.15, 0.2) is 0 Å². The molecule has 0 saturated heterocycles. The largest absolute Gasteiger partial charge is 0.394 e. The molecule has 5 nitrogen and oxygen atoms in total. The van der Waals surface area contributed by atoms with E-state index in [4.69, 9.17) is 5.11 Å². The molecule has 0 bridgehead atoms. The van der Waals surface area contributed by atoms with Crippen molar-refractivity contribution in [2.45, 2.75) is 37.6 Å². The summed E-state index contributed by atoms with van der Waals surface area (Å²) in [4.78, 5) is 0.244. The van der Waals surface area contributed by atoms with E-state index in [9.17, 15) is 8.42 Å². The molecule has 19 heavy (non-hydrogen) atoms. The molecule has 6 heteroatoms. The SMILES string of the molecule is CCCNS(=O)(=O)c1ccc(NC(C)(C)CO)cc1. The summed E-state index contributed by atoms with van der Waals surface area (Å²) in [6.07, 6.45) is 0.754. The van der Waals surface area contributed by atoms with Crippen LogP contribution in [0.15, 0.2) is 29.2 Å². The van der Waals surface area contributed by atoms with Crippen LogP contribution in [0.5, 0.6) is 0 Å². The molecule has 0 aliphatic rings. The van der Waals surface area contributed by atoms with Crippen molar-refractivity contribution in [1.29, 1.82) is 0 Å². The van der Waals surface area contributed by atoms with Crippen LogP contribution in [-0.4, -0.2) is 32.2 Å². The number of sulfonamides is 1. The number of aliphatic hydroxyl groups excluding tert-OH is 1. The molecule has 1 rings (SSSR count). The van der Waals surface area contributed by atoms with Gasteiger partial charge in [0, 0.05) is 12.2 Å². The summed E-state index contributed by atoms with van der Waals surface area (Å²) in [5.41, 5.74) is 0.328. The summed E-state index contributed by atoms with van der Waals surface area (Å²) < 4.78 is 26.3. The second-order valence-electron chi connectivity index (χ2n) is 5.09. The number of rotatable bonds is 7. The highest BCUT2D eigenvalue weighted by Crippen LogP contribution is 2.17. The van der Waals surface area contributed by atoms with Crippen molar-refractivity contribution < 1.29 is 13.5 Å². The number of aliphatic hydroxyl groups is 1. The number of benzene rings is 1. The Balaban J connectivity index is 2.82. The van der Waals surface area contributed by atoms with Crippen LogP contribution in [0.4, 0.5) is 5.69 Å². The van der Waals surface area contributed by atoms with Crippen LogP contribution in [-0.2, 0) is 10.0 Å². The molecule has 0 unspecified atom stereocenters. The fourth-order valence-electron chi connectivity index (χ4n) is 1.47. The van der Waals surface area contributed by atoms with Crippen molar-refractivity contribution in [3.63, 3.8) is 0 Å². The van der Waals surface area contributed by atoms with Gasteiger partial charge >= 0.3 is 0 Å². The van der Waals surface area contributed by atoms with E-state index < -0.39 is 15.6 Å². The second-order valence-corrected chi connectivity index (χ2v) is 6.86. The topological polar surface area (TPSA) is 78.4 Å². The van der Waals surface area contributed by atoms with Crippen LogP contribution in [0.25, 0.3) is 0 Å². The lowest BCUT2D eigenvalue weighted by Gasteiger charge is -2.25. The summed E-state index contributed by atoms with van der Waals surface area (Å²) in [7, 11) is -3.42. The molecule has 0 aliphatic carbocycles.